The molecule has 0 spiro atoms. The Hall–Kier alpha value is -2.13. The van der Waals surface area contributed by atoms with E-state index in [1.54, 1.807) is 0 Å². The first-order valence-electron chi connectivity index (χ1n) is 6.78. The first kappa shape index (κ1) is 12.9. The molecule has 1 aliphatic rings. The van der Waals surface area contributed by atoms with Crippen LogP contribution in [0.2, 0.25) is 0 Å². The maximum absolute atomic E-state index is 10.8. The maximum atomic E-state index is 10.8. The van der Waals surface area contributed by atoms with Gasteiger partial charge in [-0.25, -0.2) is 0 Å². The number of nitrogens with zero attached hydrogens (tertiary/aromatic N) is 1. The Morgan fingerprint density at radius 1 is 1.05 bits per heavy atom. The fourth-order valence-electron chi connectivity index (χ4n) is 3.00. The van der Waals surface area contributed by atoms with E-state index in [2.05, 4.69) is 41.3 Å². The molecular formula is C17H17NO2. The van der Waals surface area contributed by atoms with Crippen LogP contribution in [0.3, 0.4) is 0 Å². The largest absolute Gasteiger partial charge is 0.481 e. The van der Waals surface area contributed by atoms with Crippen molar-refractivity contribution >= 4 is 5.97 Å². The summed E-state index contributed by atoms with van der Waals surface area (Å²) in [4.78, 5) is 12.9. The van der Waals surface area contributed by atoms with Gasteiger partial charge in [-0.1, -0.05) is 48.5 Å². The van der Waals surface area contributed by atoms with E-state index in [-0.39, 0.29) is 12.5 Å². The van der Waals surface area contributed by atoms with Crippen LogP contribution in [0.1, 0.15) is 23.6 Å². The van der Waals surface area contributed by atoms with Crippen LogP contribution in [0.15, 0.2) is 48.5 Å². The molecule has 0 aromatic heterocycles. The van der Waals surface area contributed by atoms with Gasteiger partial charge < -0.3 is 5.11 Å². The van der Waals surface area contributed by atoms with Crippen LogP contribution in [0.4, 0.5) is 0 Å². The molecule has 2 aromatic rings. The minimum atomic E-state index is -0.753. The highest BCUT2D eigenvalue weighted by Gasteiger charge is 2.30. The van der Waals surface area contributed by atoms with Crippen molar-refractivity contribution in [2.75, 3.05) is 13.6 Å². The number of benzene rings is 2. The SMILES string of the molecule is CN(CCC(=O)O)C1c2ccccc2-c2ccccc21. The molecule has 102 valence electrons. The topological polar surface area (TPSA) is 40.5 Å². The van der Waals surface area contributed by atoms with Crippen LogP contribution >= 0.6 is 0 Å². The summed E-state index contributed by atoms with van der Waals surface area (Å²) in [6, 6.07) is 16.9. The van der Waals surface area contributed by atoms with Gasteiger partial charge in [-0.2, -0.15) is 0 Å². The molecule has 0 saturated carbocycles. The van der Waals surface area contributed by atoms with Gasteiger partial charge in [-0.15, -0.1) is 0 Å². The molecule has 3 heteroatoms. The third-order valence-corrected chi connectivity index (χ3v) is 3.92. The summed E-state index contributed by atoms with van der Waals surface area (Å²) in [5, 5.41) is 8.87. The number of aliphatic carboxylic acids is 1. The predicted molar refractivity (Wildman–Crippen MR) is 78.6 cm³/mol. The maximum Gasteiger partial charge on any atom is 0.304 e. The van der Waals surface area contributed by atoms with E-state index in [1.807, 2.05) is 19.2 Å². The molecule has 0 amide bonds. The highest BCUT2D eigenvalue weighted by atomic mass is 16.4. The van der Waals surface area contributed by atoms with Crippen molar-refractivity contribution in [2.24, 2.45) is 0 Å². The summed E-state index contributed by atoms with van der Waals surface area (Å²) in [5.74, 6) is -0.753. The summed E-state index contributed by atoms with van der Waals surface area (Å²) in [6.07, 6.45) is 0.164. The van der Waals surface area contributed by atoms with Crippen LogP contribution in [-0.2, 0) is 4.79 Å². The molecule has 0 unspecified atom stereocenters. The van der Waals surface area contributed by atoms with Crippen LogP contribution < -0.4 is 0 Å². The molecule has 3 rings (SSSR count). The summed E-state index contributed by atoms with van der Waals surface area (Å²) in [6.45, 7) is 0.544. The lowest BCUT2D eigenvalue weighted by molar-refractivity contribution is -0.137. The van der Waals surface area contributed by atoms with Gasteiger partial charge in [0.2, 0.25) is 0 Å². The van der Waals surface area contributed by atoms with Gasteiger partial charge >= 0.3 is 5.97 Å². The molecule has 0 fully saturated rings. The third kappa shape index (κ3) is 2.10. The number of hydrogen-bond donors (Lipinski definition) is 1. The highest BCUT2D eigenvalue weighted by molar-refractivity contribution is 5.78. The minimum absolute atomic E-state index is 0.154. The number of carboxylic acids is 1. The Balaban J connectivity index is 2.00. The number of fused-ring (bicyclic) bond motifs is 3. The number of rotatable bonds is 4. The van der Waals surface area contributed by atoms with Gasteiger partial charge in [0.25, 0.3) is 0 Å². The van der Waals surface area contributed by atoms with E-state index in [1.165, 1.54) is 22.3 Å². The lowest BCUT2D eigenvalue weighted by atomic mass is 10.0. The van der Waals surface area contributed by atoms with E-state index in [4.69, 9.17) is 5.11 Å². The van der Waals surface area contributed by atoms with Crippen molar-refractivity contribution in [2.45, 2.75) is 12.5 Å². The summed E-state index contributed by atoms with van der Waals surface area (Å²) < 4.78 is 0. The highest BCUT2D eigenvalue weighted by Crippen LogP contribution is 2.45. The second-order valence-electron chi connectivity index (χ2n) is 5.20. The monoisotopic (exact) mass is 267 g/mol. The van der Waals surface area contributed by atoms with Crippen molar-refractivity contribution in [3.8, 4) is 11.1 Å². The summed E-state index contributed by atoms with van der Waals surface area (Å²) >= 11 is 0. The minimum Gasteiger partial charge on any atom is -0.481 e. The summed E-state index contributed by atoms with van der Waals surface area (Å²) in [5.41, 5.74) is 5.05. The third-order valence-electron chi connectivity index (χ3n) is 3.92. The van der Waals surface area contributed by atoms with Crippen LogP contribution in [0.5, 0.6) is 0 Å². The molecule has 20 heavy (non-hydrogen) atoms. The van der Waals surface area contributed by atoms with Gasteiger partial charge in [0.1, 0.15) is 0 Å². The molecule has 0 radical (unpaired) electrons. The van der Waals surface area contributed by atoms with E-state index >= 15 is 0 Å². The molecule has 3 nitrogen and oxygen atoms in total. The Morgan fingerprint density at radius 2 is 1.55 bits per heavy atom. The van der Waals surface area contributed by atoms with Crippen molar-refractivity contribution < 1.29 is 9.90 Å². The molecule has 0 aliphatic heterocycles. The average molecular weight is 267 g/mol. The fraction of sp³-hybridized carbons (Fsp3) is 0.235. The van der Waals surface area contributed by atoms with E-state index in [0.29, 0.717) is 6.54 Å². The van der Waals surface area contributed by atoms with Crippen LogP contribution in [-0.4, -0.2) is 29.6 Å². The molecule has 1 N–H and O–H groups in total. The van der Waals surface area contributed by atoms with Gasteiger partial charge in [0, 0.05) is 6.54 Å². The number of carboxylic acid groups (broad SMARTS) is 1. The predicted octanol–water partition coefficient (Wildman–Crippen LogP) is 3.16. The lowest BCUT2D eigenvalue weighted by Gasteiger charge is -2.25. The van der Waals surface area contributed by atoms with E-state index in [0.717, 1.165) is 0 Å². The van der Waals surface area contributed by atoms with E-state index < -0.39 is 5.97 Å². The normalized spacial score (nSPS) is 13.3. The molecule has 0 atom stereocenters. The van der Waals surface area contributed by atoms with Gasteiger partial charge in [-0.3, -0.25) is 9.69 Å². The van der Waals surface area contributed by atoms with Crippen molar-refractivity contribution in [1.29, 1.82) is 0 Å². The Labute approximate surface area is 118 Å². The molecular weight excluding hydrogens is 250 g/mol. The van der Waals surface area contributed by atoms with E-state index in [9.17, 15) is 4.79 Å². The molecule has 0 bridgehead atoms. The zero-order chi connectivity index (χ0) is 14.1. The second-order valence-corrected chi connectivity index (χ2v) is 5.20. The number of hydrogen-bond acceptors (Lipinski definition) is 2. The fourth-order valence-corrected chi connectivity index (χ4v) is 3.00. The average Bonchev–Trinajstić information content (AvgIpc) is 2.79. The molecule has 2 aromatic carbocycles. The van der Waals surface area contributed by atoms with Crippen LogP contribution in [0.25, 0.3) is 11.1 Å². The lowest BCUT2D eigenvalue weighted by Crippen LogP contribution is -2.26. The van der Waals surface area contributed by atoms with Gasteiger partial charge in [-0.05, 0) is 29.3 Å². The number of carbonyl (C=O) groups is 1. The zero-order valence-electron chi connectivity index (χ0n) is 11.4. The Bertz CT molecular complexity index is 605. The van der Waals surface area contributed by atoms with Crippen LogP contribution in [0, 0.1) is 0 Å². The standard InChI is InChI=1S/C17H17NO2/c1-18(11-10-16(19)20)17-14-8-4-2-6-12(14)13-7-3-5-9-15(13)17/h2-9,17H,10-11H2,1H3,(H,19,20). The second kappa shape index (κ2) is 5.10. The van der Waals surface area contributed by atoms with Gasteiger partial charge in [0.15, 0.2) is 0 Å². The first-order chi connectivity index (χ1) is 9.68. The summed E-state index contributed by atoms with van der Waals surface area (Å²) in [7, 11) is 1.99. The smallest absolute Gasteiger partial charge is 0.304 e. The first-order valence-corrected chi connectivity index (χ1v) is 6.78. The molecule has 1 aliphatic carbocycles. The quantitative estimate of drug-likeness (QED) is 0.925. The van der Waals surface area contributed by atoms with Gasteiger partial charge in [0.05, 0.1) is 12.5 Å². The Kier molecular flexibility index (Phi) is 3.28. The Morgan fingerprint density at radius 3 is 2.05 bits per heavy atom. The molecule has 0 heterocycles. The zero-order valence-corrected chi connectivity index (χ0v) is 11.4. The molecule has 0 saturated heterocycles. The van der Waals surface area contributed by atoms with Crippen molar-refractivity contribution in [3.05, 3.63) is 59.7 Å². The van der Waals surface area contributed by atoms with Crippen molar-refractivity contribution in [1.82, 2.24) is 4.90 Å². The van der Waals surface area contributed by atoms with Crippen molar-refractivity contribution in [3.63, 3.8) is 0 Å².